The lowest BCUT2D eigenvalue weighted by molar-refractivity contribution is -0.271. The third-order valence-corrected chi connectivity index (χ3v) is 3.20. The molecule has 0 spiro atoms. The lowest BCUT2D eigenvalue weighted by Gasteiger charge is -2.42. The molecule has 1 saturated heterocycles. The Labute approximate surface area is 133 Å². The molecule has 0 bridgehead atoms. The standard InChI is InChI=1S/C14H23NO8/c1-7(2)13(20)21-4-5-22-14-10(15-8(3)17)12(19)11(18)9(6-16)23-14/h9-12,14,16,18-19H,1,4-6H2,2-3H3,(H,15,17)/t9-,10-,11-,12-,14?/m1/s1. The molecule has 1 heterocycles. The molecular weight excluding hydrogens is 310 g/mol. The molecule has 0 radical (unpaired) electrons. The molecule has 1 rings (SSSR count). The normalized spacial score (nSPS) is 30.6. The Kier molecular flexibility index (Phi) is 7.59. The highest BCUT2D eigenvalue weighted by Crippen LogP contribution is 2.22. The highest BCUT2D eigenvalue weighted by Gasteiger charge is 2.45. The maximum absolute atomic E-state index is 11.2. The van der Waals surface area contributed by atoms with Crippen LogP contribution in [-0.2, 0) is 23.8 Å². The van der Waals surface area contributed by atoms with E-state index in [0.717, 1.165) is 0 Å². The number of aliphatic hydroxyl groups is 3. The fourth-order valence-corrected chi connectivity index (χ4v) is 2.03. The first kappa shape index (κ1) is 19.5. The fourth-order valence-electron chi connectivity index (χ4n) is 2.03. The van der Waals surface area contributed by atoms with Gasteiger partial charge in [-0.25, -0.2) is 4.79 Å². The Balaban J connectivity index is 2.61. The molecule has 1 aliphatic rings. The summed E-state index contributed by atoms with van der Waals surface area (Å²) in [6, 6.07) is -1.03. The van der Waals surface area contributed by atoms with E-state index in [2.05, 4.69) is 11.9 Å². The summed E-state index contributed by atoms with van der Waals surface area (Å²) in [5, 5.41) is 31.4. The third kappa shape index (κ3) is 5.56. The molecule has 0 saturated carbocycles. The lowest BCUT2D eigenvalue weighted by Crippen LogP contribution is -2.64. The van der Waals surface area contributed by atoms with Crippen LogP contribution in [0.4, 0.5) is 0 Å². The molecule has 1 amide bonds. The Morgan fingerprint density at radius 2 is 1.87 bits per heavy atom. The maximum Gasteiger partial charge on any atom is 0.333 e. The van der Waals surface area contributed by atoms with Crippen LogP contribution < -0.4 is 5.32 Å². The van der Waals surface area contributed by atoms with Gasteiger partial charge in [-0.15, -0.1) is 0 Å². The smallest absolute Gasteiger partial charge is 0.333 e. The molecule has 1 aliphatic heterocycles. The molecule has 1 fully saturated rings. The largest absolute Gasteiger partial charge is 0.460 e. The van der Waals surface area contributed by atoms with Gasteiger partial charge in [0.1, 0.15) is 31.0 Å². The van der Waals surface area contributed by atoms with Gasteiger partial charge in [-0.2, -0.15) is 0 Å². The van der Waals surface area contributed by atoms with E-state index in [4.69, 9.17) is 19.3 Å². The van der Waals surface area contributed by atoms with Crippen molar-refractivity contribution in [2.75, 3.05) is 19.8 Å². The van der Waals surface area contributed by atoms with Crippen molar-refractivity contribution in [3.05, 3.63) is 12.2 Å². The van der Waals surface area contributed by atoms with Gasteiger partial charge in [-0.05, 0) is 6.92 Å². The van der Waals surface area contributed by atoms with E-state index in [9.17, 15) is 19.8 Å². The van der Waals surface area contributed by atoms with Crippen LogP contribution in [0.25, 0.3) is 0 Å². The van der Waals surface area contributed by atoms with Crippen LogP contribution in [-0.4, -0.2) is 77.7 Å². The van der Waals surface area contributed by atoms with Crippen molar-refractivity contribution in [1.29, 1.82) is 0 Å². The van der Waals surface area contributed by atoms with Crippen LogP contribution in [0.2, 0.25) is 0 Å². The van der Waals surface area contributed by atoms with E-state index in [1.54, 1.807) is 0 Å². The summed E-state index contributed by atoms with van der Waals surface area (Å²) in [5.41, 5.74) is 0.244. The van der Waals surface area contributed by atoms with Crippen LogP contribution >= 0.6 is 0 Å². The minimum atomic E-state index is -1.38. The molecule has 0 aromatic heterocycles. The van der Waals surface area contributed by atoms with E-state index in [-0.39, 0.29) is 18.8 Å². The third-order valence-electron chi connectivity index (χ3n) is 3.20. The number of carbonyl (C=O) groups is 2. The van der Waals surface area contributed by atoms with Crippen LogP contribution in [0, 0.1) is 0 Å². The summed E-state index contributed by atoms with van der Waals surface area (Å²) in [7, 11) is 0. The zero-order valence-corrected chi connectivity index (χ0v) is 13.1. The Bertz CT molecular complexity index is 440. The molecule has 132 valence electrons. The zero-order chi connectivity index (χ0) is 17.6. The molecular formula is C14H23NO8. The molecule has 1 unspecified atom stereocenters. The number of hydrogen-bond donors (Lipinski definition) is 4. The minimum absolute atomic E-state index is 0.0687. The first-order valence-corrected chi connectivity index (χ1v) is 7.11. The Morgan fingerprint density at radius 3 is 2.39 bits per heavy atom. The van der Waals surface area contributed by atoms with Crippen molar-refractivity contribution >= 4 is 11.9 Å². The topological polar surface area (TPSA) is 135 Å². The van der Waals surface area contributed by atoms with E-state index in [0.29, 0.717) is 0 Å². The average Bonchev–Trinajstić information content (AvgIpc) is 2.49. The van der Waals surface area contributed by atoms with Gasteiger partial charge >= 0.3 is 5.97 Å². The zero-order valence-electron chi connectivity index (χ0n) is 13.1. The van der Waals surface area contributed by atoms with Crippen LogP contribution in [0.1, 0.15) is 13.8 Å². The summed E-state index contributed by atoms with van der Waals surface area (Å²) < 4.78 is 15.5. The second-order valence-corrected chi connectivity index (χ2v) is 5.22. The van der Waals surface area contributed by atoms with Crippen LogP contribution in [0.5, 0.6) is 0 Å². The number of rotatable bonds is 7. The summed E-state index contributed by atoms with van der Waals surface area (Å²) >= 11 is 0. The molecule has 0 aromatic carbocycles. The van der Waals surface area contributed by atoms with Gasteiger partial charge in [0.05, 0.1) is 13.2 Å². The number of esters is 1. The summed E-state index contributed by atoms with van der Waals surface area (Å²) in [5.74, 6) is -1.02. The molecule has 5 atom stereocenters. The van der Waals surface area contributed by atoms with Gasteiger partial charge in [0.25, 0.3) is 0 Å². The van der Waals surface area contributed by atoms with Crippen molar-refractivity contribution in [3.63, 3.8) is 0 Å². The van der Waals surface area contributed by atoms with Crippen molar-refractivity contribution in [3.8, 4) is 0 Å². The van der Waals surface area contributed by atoms with Gasteiger partial charge in [0.2, 0.25) is 5.91 Å². The van der Waals surface area contributed by atoms with Crippen molar-refractivity contribution in [2.45, 2.75) is 44.5 Å². The number of amides is 1. The molecule has 4 N–H and O–H groups in total. The number of ether oxygens (including phenoxy) is 3. The molecule has 23 heavy (non-hydrogen) atoms. The Morgan fingerprint density at radius 1 is 1.22 bits per heavy atom. The molecule has 9 nitrogen and oxygen atoms in total. The molecule has 0 aromatic rings. The number of hydrogen-bond acceptors (Lipinski definition) is 8. The van der Waals surface area contributed by atoms with Gasteiger partial charge in [-0.1, -0.05) is 6.58 Å². The predicted molar refractivity (Wildman–Crippen MR) is 77.1 cm³/mol. The first-order chi connectivity index (χ1) is 10.8. The Hall–Kier alpha value is -1.52. The van der Waals surface area contributed by atoms with E-state index in [1.807, 2.05) is 0 Å². The number of aliphatic hydroxyl groups excluding tert-OH is 3. The van der Waals surface area contributed by atoms with Crippen molar-refractivity contribution in [1.82, 2.24) is 5.32 Å². The lowest BCUT2D eigenvalue weighted by atomic mass is 9.97. The minimum Gasteiger partial charge on any atom is -0.460 e. The van der Waals surface area contributed by atoms with Gasteiger partial charge < -0.3 is 34.8 Å². The SMILES string of the molecule is C=C(C)C(=O)OCCOC1O[C@H](CO)[C@@H](O)[C@H](O)[C@H]1NC(C)=O. The highest BCUT2D eigenvalue weighted by atomic mass is 16.7. The highest BCUT2D eigenvalue weighted by molar-refractivity contribution is 5.86. The summed E-state index contributed by atoms with van der Waals surface area (Å²) in [6.07, 6.45) is -4.93. The van der Waals surface area contributed by atoms with Gasteiger partial charge in [0.15, 0.2) is 6.29 Å². The average molecular weight is 333 g/mol. The quantitative estimate of drug-likeness (QED) is 0.240. The maximum atomic E-state index is 11.2. The second kappa shape index (κ2) is 8.94. The summed E-state index contributed by atoms with van der Waals surface area (Å²) in [6.45, 7) is 5.49. The predicted octanol–water partition coefficient (Wildman–Crippen LogP) is -1.93. The van der Waals surface area contributed by atoms with E-state index < -0.39 is 49.1 Å². The summed E-state index contributed by atoms with van der Waals surface area (Å²) in [4.78, 5) is 22.4. The van der Waals surface area contributed by atoms with Gasteiger partial charge in [0, 0.05) is 12.5 Å². The van der Waals surface area contributed by atoms with Crippen LogP contribution in [0.3, 0.4) is 0 Å². The van der Waals surface area contributed by atoms with E-state index in [1.165, 1.54) is 13.8 Å². The van der Waals surface area contributed by atoms with Crippen molar-refractivity contribution < 1.29 is 39.1 Å². The molecule has 0 aliphatic carbocycles. The number of carbonyl (C=O) groups excluding carboxylic acids is 2. The van der Waals surface area contributed by atoms with Crippen LogP contribution in [0.15, 0.2) is 12.2 Å². The molecule has 9 heteroatoms. The van der Waals surface area contributed by atoms with E-state index >= 15 is 0 Å². The van der Waals surface area contributed by atoms with Gasteiger partial charge in [-0.3, -0.25) is 4.79 Å². The monoisotopic (exact) mass is 333 g/mol. The first-order valence-electron chi connectivity index (χ1n) is 7.11. The van der Waals surface area contributed by atoms with Crippen molar-refractivity contribution in [2.24, 2.45) is 0 Å². The second-order valence-electron chi connectivity index (χ2n) is 5.22. The number of nitrogens with one attached hydrogen (secondary N) is 1. The fraction of sp³-hybridized carbons (Fsp3) is 0.714.